The van der Waals surface area contributed by atoms with E-state index in [0.717, 1.165) is 38.8 Å². The number of rotatable bonds is 2. The molecule has 0 amide bonds. The van der Waals surface area contributed by atoms with E-state index in [9.17, 15) is 10.2 Å². The van der Waals surface area contributed by atoms with Crippen LogP contribution < -0.4 is 10.3 Å². The summed E-state index contributed by atoms with van der Waals surface area (Å²) in [6.45, 7) is 25.4. The smallest absolute Gasteiger partial charge is 0.313 e. The van der Waals surface area contributed by atoms with Crippen molar-refractivity contribution < 1.29 is 15.2 Å². The van der Waals surface area contributed by atoms with Crippen molar-refractivity contribution in [2.45, 2.75) is 105 Å². The normalized spacial score (nSPS) is 13.8. The SMILES string of the molecule is CSC(Nc1cc(C(C)(C)C)c(O)c(C(C)(C)C)c1)=[NH+]c1cc(C(C)(C)C)c(O)c(C(C)(C)C)c1. The van der Waals surface area contributed by atoms with Crippen LogP contribution in [0, 0.1) is 0 Å². The van der Waals surface area contributed by atoms with Gasteiger partial charge in [-0.2, -0.15) is 0 Å². The molecular formula is C30H47N2O2S+. The monoisotopic (exact) mass is 499 g/mol. The Morgan fingerprint density at radius 2 is 0.943 bits per heavy atom. The Labute approximate surface area is 217 Å². The predicted octanol–water partition coefficient (Wildman–Crippen LogP) is 6.83. The number of hydrogen-bond donors (Lipinski definition) is 4. The van der Waals surface area contributed by atoms with E-state index >= 15 is 0 Å². The van der Waals surface area contributed by atoms with Crippen LogP contribution in [0.4, 0.5) is 11.4 Å². The van der Waals surface area contributed by atoms with Crippen molar-refractivity contribution in [3.8, 4) is 11.5 Å². The molecule has 4 N–H and O–H groups in total. The zero-order valence-corrected chi connectivity index (χ0v) is 24.9. The van der Waals surface area contributed by atoms with Crippen LogP contribution in [0.2, 0.25) is 0 Å². The van der Waals surface area contributed by atoms with Crippen LogP contribution in [0.25, 0.3) is 0 Å². The van der Waals surface area contributed by atoms with E-state index in [2.05, 4.69) is 93.4 Å². The number of aromatic hydroxyl groups is 2. The van der Waals surface area contributed by atoms with Crippen molar-refractivity contribution in [1.29, 1.82) is 0 Å². The third kappa shape index (κ3) is 6.97. The molecule has 2 aromatic rings. The van der Waals surface area contributed by atoms with Crippen molar-refractivity contribution in [3.63, 3.8) is 0 Å². The Morgan fingerprint density at radius 1 is 0.629 bits per heavy atom. The summed E-state index contributed by atoms with van der Waals surface area (Å²) in [4.78, 5) is 3.56. The minimum atomic E-state index is -0.200. The van der Waals surface area contributed by atoms with Crippen molar-refractivity contribution in [3.05, 3.63) is 46.5 Å². The number of phenolic OH excluding ortho intramolecular Hbond substituents is 2. The number of phenols is 2. The average molecular weight is 500 g/mol. The number of amidine groups is 1. The lowest BCUT2D eigenvalue weighted by atomic mass is 9.79. The molecule has 0 saturated carbocycles. The minimum Gasteiger partial charge on any atom is -0.507 e. The van der Waals surface area contributed by atoms with Crippen LogP contribution in [-0.2, 0) is 21.7 Å². The zero-order chi connectivity index (χ0) is 27.1. The maximum atomic E-state index is 11.1. The van der Waals surface area contributed by atoms with Crippen molar-refractivity contribution >= 4 is 28.3 Å². The van der Waals surface area contributed by atoms with E-state index < -0.39 is 0 Å². The third-order valence-electron chi connectivity index (χ3n) is 6.17. The van der Waals surface area contributed by atoms with Crippen molar-refractivity contribution in [2.24, 2.45) is 0 Å². The van der Waals surface area contributed by atoms with E-state index in [1.165, 1.54) is 0 Å². The van der Waals surface area contributed by atoms with Crippen LogP contribution >= 0.6 is 11.8 Å². The van der Waals surface area contributed by atoms with Gasteiger partial charge in [0.05, 0.1) is 0 Å². The molecule has 0 aromatic heterocycles. The summed E-state index contributed by atoms with van der Waals surface area (Å²) in [6, 6.07) is 8.17. The Hall–Kier alpha value is -2.14. The van der Waals surface area contributed by atoms with Crippen LogP contribution in [0.15, 0.2) is 24.3 Å². The first-order valence-corrected chi connectivity index (χ1v) is 13.6. The summed E-state index contributed by atoms with van der Waals surface area (Å²) in [5.41, 5.74) is 4.74. The van der Waals surface area contributed by atoms with Gasteiger partial charge in [0.2, 0.25) is 0 Å². The molecule has 0 aliphatic heterocycles. The van der Waals surface area contributed by atoms with Crippen molar-refractivity contribution in [1.82, 2.24) is 0 Å². The fraction of sp³-hybridized carbons (Fsp3) is 0.567. The third-order valence-corrected chi connectivity index (χ3v) is 6.78. The first-order chi connectivity index (χ1) is 15.7. The maximum Gasteiger partial charge on any atom is 0.313 e. The van der Waals surface area contributed by atoms with Gasteiger partial charge in [-0.05, 0) is 63.9 Å². The van der Waals surface area contributed by atoms with Gasteiger partial charge in [0, 0.05) is 22.3 Å². The number of benzene rings is 2. The first-order valence-electron chi connectivity index (χ1n) is 12.4. The average Bonchev–Trinajstić information content (AvgIpc) is 2.66. The molecule has 0 fully saturated rings. The summed E-state index contributed by atoms with van der Waals surface area (Å²) in [5.74, 6) is 0.745. The van der Waals surface area contributed by atoms with Gasteiger partial charge in [0.25, 0.3) is 0 Å². The molecular weight excluding hydrogens is 452 g/mol. The Bertz CT molecular complexity index is 1040. The first kappa shape index (κ1) is 29.1. The second-order valence-corrected chi connectivity index (χ2v) is 14.4. The number of thioether (sulfide) groups is 1. The van der Waals surface area contributed by atoms with Crippen molar-refractivity contribution in [2.75, 3.05) is 11.6 Å². The summed E-state index contributed by atoms with van der Waals surface area (Å²) in [5, 5.41) is 26.6. The molecule has 2 rings (SSSR count). The molecule has 0 heterocycles. The highest BCUT2D eigenvalue weighted by Gasteiger charge is 2.29. The molecule has 0 radical (unpaired) electrons. The van der Waals surface area contributed by atoms with Crippen LogP contribution in [0.5, 0.6) is 11.5 Å². The lowest BCUT2D eigenvalue weighted by molar-refractivity contribution is -0.350. The standard InChI is InChI=1S/C30H46N2O2S/c1-27(2,3)20-14-18(15-21(24(20)33)28(4,5)6)31-26(35-13)32-19-16-22(29(7,8)9)25(34)23(17-19)30(10,11)12/h14-17,33-34H,1-13H3,(H,31,32)/p+1. The molecule has 0 atom stereocenters. The molecule has 0 unspecified atom stereocenters. The molecule has 0 saturated heterocycles. The van der Waals surface area contributed by atoms with E-state index in [4.69, 9.17) is 0 Å². The topological polar surface area (TPSA) is 66.5 Å². The van der Waals surface area contributed by atoms with Crippen LogP contribution in [0.3, 0.4) is 0 Å². The van der Waals surface area contributed by atoms with Gasteiger partial charge >= 0.3 is 5.17 Å². The van der Waals surface area contributed by atoms with Gasteiger partial charge in [-0.3, -0.25) is 0 Å². The second kappa shape index (κ2) is 9.72. The summed E-state index contributed by atoms with van der Waals surface area (Å²) >= 11 is 1.59. The molecule has 2 aromatic carbocycles. The van der Waals surface area contributed by atoms with Gasteiger partial charge in [-0.1, -0.05) is 83.1 Å². The lowest BCUT2D eigenvalue weighted by Gasteiger charge is -2.27. The van der Waals surface area contributed by atoms with Crippen LogP contribution in [-0.4, -0.2) is 21.6 Å². The Kier molecular flexibility index (Phi) is 8.08. The fourth-order valence-electron chi connectivity index (χ4n) is 4.10. The molecule has 0 aliphatic carbocycles. The van der Waals surface area contributed by atoms with Gasteiger partial charge in [0.15, 0.2) is 0 Å². The van der Waals surface area contributed by atoms with Gasteiger partial charge in [-0.25, -0.2) is 10.3 Å². The Balaban J connectivity index is 2.68. The number of anilines is 1. The maximum absolute atomic E-state index is 11.1. The zero-order valence-electron chi connectivity index (χ0n) is 24.1. The number of hydrogen-bond acceptors (Lipinski definition) is 3. The quantitative estimate of drug-likeness (QED) is 0.208. The Morgan fingerprint density at radius 3 is 1.23 bits per heavy atom. The molecule has 0 spiro atoms. The molecule has 0 bridgehead atoms. The van der Waals surface area contributed by atoms with Gasteiger partial charge in [0.1, 0.15) is 22.9 Å². The van der Waals surface area contributed by atoms with Gasteiger partial charge < -0.3 is 10.2 Å². The van der Waals surface area contributed by atoms with Crippen LogP contribution in [0.1, 0.15) is 105 Å². The predicted molar refractivity (Wildman–Crippen MR) is 154 cm³/mol. The van der Waals surface area contributed by atoms with E-state index in [1.807, 2.05) is 30.5 Å². The summed E-state index contributed by atoms with van der Waals surface area (Å²) < 4.78 is 0. The molecule has 4 nitrogen and oxygen atoms in total. The molecule has 5 heteroatoms. The highest BCUT2D eigenvalue weighted by atomic mass is 32.2. The lowest BCUT2D eigenvalue weighted by Crippen LogP contribution is -2.67. The summed E-state index contributed by atoms with van der Waals surface area (Å²) in [6.07, 6.45) is 2.03. The van der Waals surface area contributed by atoms with E-state index in [0.29, 0.717) is 11.5 Å². The molecule has 35 heavy (non-hydrogen) atoms. The number of nitrogens with one attached hydrogen (secondary N) is 2. The largest absolute Gasteiger partial charge is 0.507 e. The van der Waals surface area contributed by atoms with E-state index in [1.54, 1.807) is 11.8 Å². The highest BCUT2D eigenvalue weighted by Crippen LogP contribution is 2.42. The molecule has 194 valence electrons. The fourth-order valence-corrected chi connectivity index (χ4v) is 4.54. The highest BCUT2D eigenvalue weighted by molar-refractivity contribution is 8.13. The molecule has 0 aliphatic rings. The van der Waals surface area contributed by atoms with Gasteiger partial charge in [-0.15, -0.1) is 0 Å². The second-order valence-electron chi connectivity index (χ2n) is 13.6. The summed E-state index contributed by atoms with van der Waals surface area (Å²) in [7, 11) is 0. The van der Waals surface area contributed by atoms with E-state index in [-0.39, 0.29) is 21.7 Å². The minimum absolute atomic E-state index is 0.200.